The summed E-state index contributed by atoms with van der Waals surface area (Å²) >= 11 is 0. The molecule has 5 nitrogen and oxygen atoms in total. The Bertz CT molecular complexity index is 502. The number of pyridine rings is 1. The fraction of sp³-hybridized carbons (Fsp3) is 0.667. The lowest BCUT2D eigenvalue weighted by Gasteiger charge is -2.17. The van der Waals surface area contributed by atoms with Crippen LogP contribution >= 0.6 is 0 Å². The van der Waals surface area contributed by atoms with Gasteiger partial charge in [0.05, 0.1) is 0 Å². The van der Waals surface area contributed by atoms with Crippen LogP contribution in [-0.2, 0) is 6.54 Å². The summed E-state index contributed by atoms with van der Waals surface area (Å²) in [7, 11) is 1.82. The van der Waals surface area contributed by atoms with Crippen LogP contribution in [0.2, 0.25) is 0 Å². The third-order valence-corrected chi connectivity index (χ3v) is 4.77. The fourth-order valence-electron chi connectivity index (χ4n) is 3.41. The molecule has 5 heteroatoms. The third-order valence-electron chi connectivity index (χ3n) is 4.77. The van der Waals surface area contributed by atoms with Gasteiger partial charge in [0.1, 0.15) is 6.10 Å². The maximum absolute atomic E-state index is 5.90. The van der Waals surface area contributed by atoms with Gasteiger partial charge in [0.25, 0.3) is 0 Å². The van der Waals surface area contributed by atoms with Gasteiger partial charge in [-0.15, -0.1) is 0 Å². The van der Waals surface area contributed by atoms with E-state index in [4.69, 9.17) is 4.74 Å². The summed E-state index contributed by atoms with van der Waals surface area (Å²) in [5, 5.41) is 6.85. The monoisotopic (exact) mass is 316 g/mol. The van der Waals surface area contributed by atoms with Crippen molar-refractivity contribution < 1.29 is 4.74 Å². The molecule has 2 saturated carbocycles. The molecule has 2 aliphatic carbocycles. The Hall–Kier alpha value is -1.78. The number of nitrogens with one attached hydrogen (secondary N) is 2. The van der Waals surface area contributed by atoms with Crippen LogP contribution in [-0.4, -0.2) is 30.1 Å². The highest BCUT2D eigenvalue weighted by Gasteiger charge is 2.17. The van der Waals surface area contributed by atoms with E-state index in [-0.39, 0.29) is 0 Å². The Morgan fingerprint density at radius 1 is 1.17 bits per heavy atom. The molecule has 0 aliphatic heterocycles. The normalized spacial score (nSPS) is 20.0. The molecule has 0 amide bonds. The molecular weight excluding hydrogens is 288 g/mol. The van der Waals surface area contributed by atoms with Gasteiger partial charge in [-0.2, -0.15) is 0 Å². The standard InChI is InChI=1S/C18H28N4O/c1-19-18(22-15-6-2-3-7-15)21-13-14-10-11-17(20-12-14)23-16-8-4-5-9-16/h10-12,15-16H,2-9,13H2,1H3,(H2,19,21,22). The van der Waals surface area contributed by atoms with Crippen molar-refractivity contribution in [1.29, 1.82) is 0 Å². The smallest absolute Gasteiger partial charge is 0.213 e. The Morgan fingerprint density at radius 2 is 1.91 bits per heavy atom. The van der Waals surface area contributed by atoms with E-state index in [0.717, 1.165) is 36.8 Å². The van der Waals surface area contributed by atoms with Crippen LogP contribution in [0.25, 0.3) is 0 Å². The zero-order chi connectivity index (χ0) is 15.9. The van der Waals surface area contributed by atoms with Crippen molar-refractivity contribution in [2.24, 2.45) is 4.99 Å². The van der Waals surface area contributed by atoms with Crippen molar-refractivity contribution >= 4 is 5.96 Å². The second kappa shape index (κ2) is 8.18. The number of rotatable bonds is 5. The fourth-order valence-corrected chi connectivity index (χ4v) is 3.41. The number of aromatic nitrogens is 1. The third kappa shape index (κ3) is 4.85. The Morgan fingerprint density at radius 3 is 2.57 bits per heavy atom. The maximum atomic E-state index is 5.90. The van der Waals surface area contributed by atoms with Crippen LogP contribution in [0.1, 0.15) is 56.9 Å². The molecule has 126 valence electrons. The number of aliphatic imine (C=N–C) groups is 1. The number of ether oxygens (including phenoxy) is 1. The van der Waals surface area contributed by atoms with Gasteiger partial charge in [-0.05, 0) is 44.1 Å². The summed E-state index contributed by atoms with van der Waals surface area (Å²) in [6, 6.07) is 4.62. The minimum Gasteiger partial charge on any atom is -0.474 e. The van der Waals surface area contributed by atoms with Crippen LogP contribution in [0.4, 0.5) is 0 Å². The zero-order valence-electron chi connectivity index (χ0n) is 14.1. The molecule has 2 N–H and O–H groups in total. The first-order valence-corrected chi connectivity index (χ1v) is 8.92. The van der Waals surface area contributed by atoms with E-state index in [1.54, 1.807) is 0 Å². The van der Waals surface area contributed by atoms with Crippen molar-refractivity contribution in [3.8, 4) is 5.88 Å². The predicted octanol–water partition coefficient (Wildman–Crippen LogP) is 3.01. The van der Waals surface area contributed by atoms with Gasteiger partial charge in [-0.25, -0.2) is 4.98 Å². The molecule has 1 heterocycles. The molecule has 0 unspecified atom stereocenters. The van der Waals surface area contributed by atoms with E-state index in [9.17, 15) is 0 Å². The van der Waals surface area contributed by atoms with Crippen molar-refractivity contribution in [2.75, 3.05) is 7.05 Å². The van der Waals surface area contributed by atoms with Gasteiger partial charge in [0.2, 0.25) is 5.88 Å². The average Bonchev–Trinajstić information content (AvgIpc) is 3.26. The number of guanidine groups is 1. The largest absolute Gasteiger partial charge is 0.474 e. The molecule has 1 aromatic heterocycles. The Kier molecular flexibility index (Phi) is 5.72. The summed E-state index contributed by atoms with van der Waals surface area (Å²) in [5.74, 6) is 1.62. The van der Waals surface area contributed by atoms with Gasteiger partial charge in [-0.1, -0.05) is 18.9 Å². The Labute approximate surface area is 138 Å². The van der Waals surface area contributed by atoms with Crippen molar-refractivity contribution in [3.63, 3.8) is 0 Å². The average molecular weight is 316 g/mol. The van der Waals surface area contributed by atoms with E-state index in [1.165, 1.54) is 38.5 Å². The van der Waals surface area contributed by atoms with Crippen molar-refractivity contribution in [1.82, 2.24) is 15.6 Å². The number of hydrogen-bond acceptors (Lipinski definition) is 3. The first kappa shape index (κ1) is 16.1. The summed E-state index contributed by atoms with van der Waals surface area (Å²) in [5.41, 5.74) is 1.14. The molecule has 0 saturated heterocycles. The van der Waals surface area contributed by atoms with E-state index in [1.807, 2.05) is 19.3 Å². The Balaban J connectivity index is 1.45. The van der Waals surface area contributed by atoms with Crippen LogP contribution in [0.15, 0.2) is 23.3 Å². The second-order valence-corrected chi connectivity index (χ2v) is 6.58. The van der Waals surface area contributed by atoms with E-state index < -0.39 is 0 Å². The number of hydrogen-bond donors (Lipinski definition) is 2. The maximum Gasteiger partial charge on any atom is 0.213 e. The lowest BCUT2D eigenvalue weighted by molar-refractivity contribution is 0.201. The van der Waals surface area contributed by atoms with E-state index >= 15 is 0 Å². The summed E-state index contributed by atoms with van der Waals surface area (Å²) in [6.07, 6.45) is 12.3. The van der Waals surface area contributed by atoms with Crippen molar-refractivity contribution in [3.05, 3.63) is 23.9 Å². The zero-order valence-corrected chi connectivity index (χ0v) is 14.1. The van der Waals surface area contributed by atoms with Crippen LogP contribution < -0.4 is 15.4 Å². The minimum atomic E-state index is 0.362. The second-order valence-electron chi connectivity index (χ2n) is 6.58. The SMILES string of the molecule is CN=C(NCc1ccc(OC2CCCC2)nc1)NC1CCCC1. The highest BCUT2D eigenvalue weighted by atomic mass is 16.5. The first-order valence-electron chi connectivity index (χ1n) is 8.92. The van der Waals surface area contributed by atoms with Gasteiger partial charge < -0.3 is 15.4 Å². The van der Waals surface area contributed by atoms with Crippen LogP contribution in [0, 0.1) is 0 Å². The molecule has 2 aliphatic rings. The molecule has 23 heavy (non-hydrogen) atoms. The van der Waals surface area contributed by atoms with Crippen molar-refractivity contribution in [2.45, 2.75) is 70.1 Å². The minimum absolute atomic E-state index is 0.362. The highest BCUT2D eigenvalue weighted by molar-refractivity contribution is 5.79. The topological polar surface area (TPSA) is 58.5 Å². The van der Waals surface area contributed by atoms with Crippen LogP contribution in [0.5, 0.6) is 5.88 Å². The molecule has 1 aromatic rings. The lowest BCUT2D eigenvalue weighted by atomic mass is 10.2. The van der Waals surface area contributed by atoms with Gasteiger partial charge in [0.15, 0.2) is 5.96 Å². The van der Waals surface area contributed by atoms with E-state index in [2.05, 4.69) is 26.7 Å². The van der Waals surface area contributed by atoms with Gasteiger partial charge in [0, 0.05) is 31.9 Å². The van der Waals surface area contributed by atoms with Gasteiger partial charge in [-0.3, -0.25) is 4.99 Å². The molecule has 0 radical (unpaired) electrons. The molecule has 0 atom stereocenters. The highest BCUT2D eigenvalue weighted by Crippen LogP contribution is 2.22. The van der Waals surface area contributed by atoms with Crippen LogP contribution in [0.3, 0.4) is 0 Å². The summed E-state index contributed by atoms with van der Waals surface area (Å²) in [6.45, 7) is 0.725. The first-order chi connectivity index (χ1) is 11.3. The number of nitrogens with zero attached hydrogens (tertiary/aromatic N) is 2. The molecule has 0 spiro atoms. The molecule has 0 bridgehead atoms. The molecule has 0 aromatic carbocycles. The predicted molar refractivity (Wildman–Crippen MR) is 92.7 cm³/mol. The van der Waals surface area contributed by atoms with Gasteiger partial charge >= 0.3 is 0 Å². The lowest BCUT2D eigenvalue weighted by Crippen LogP contribution is -2.41. The summed E-state index contributed by atoms with van der Waals surface area (Å²) < 4.78 is 5.90. The quantitative estimate of drug-likeness (QED) is 0.647. The summed E-state index contributed by atoms with van der Waals surface area (Å²) in [4.78, 5) is 8.73. The molecule has 2 fully saturated rings. The molecular formula is C18H28N4O. The molecule has 3 rings (SSSR count). The van der Waals surface area contributed by atoms with E-state index in [0.29, 0.717) is 12.1 Å².